The second kappa shape index (κ2) is 13.7. The van der Waals surface area contributed by atoms with Crippen molar-refractivity contribution in [3.63, 3.8) is 0 Å². The summed E-state index contributed by atoms with van der Waals surface area (Å²) in [6.45, 7) is 6.06. The molecule has 2 aromatic rings. The Labute approximate surface area is 194 Å². The summed E-state index contributed by atoms with van der Waals surface area (Å²) in [5, 5.41) is 0. The third-order valence-electron chi connectivity index (χ3n) is 6.54. The summed E-state index contributed by atoms with van der Waals surface area (Å²) < 4.78 is 26.5. The Kier molecular flexibility index (Phi) is 10.7. The van der Waals surface area contributed by atoms with Crippen molar-refractivity contribution in [1.82, 2.24) is 0 Å². The Bertz CT molecular complexity index is 778. The SMILES string of the molecule is CCCCCCCC1COC(CCc2ccc(-c3ccc(CCCC)cc3F)cc2)OC1. The lowest BCUT2D eigenvalue weighted by molar-refractivity contribution is -0.203. The minimum absolute atomic E-state index is 0.0980. The predicted octanol–water partition coefficient (Wildman–Crippen LogP) is 8.12. The van der Waals surface area contributed by atoms with Crippen molar-refractivity contribution in [2.45, 2.75) is 90.8 Å². The Morgan fingerprint density at radius 2 is 1.44 bits per heavy atom. The predicted molar refractivity (Wildman–Crippen MR) is 131 cm³/mol. The fourth-order valence-corrected chi connectivity index (χ4v) is 4.42. The number of halogens is 1. The molecule has 0 spiro atoms. The largest absolute Gasteiger partial charge is 0.352 e. The van der Waals surface area contributed by atoms with Gasteiger partial charge in [-0.25, -0.2) is 4.39 Å². The highest BCUT2D eigenvalue weighted by molar-refractivity contribution is 5.64. The molecule has 2 nitrogen and oxygen atoms in total. The summed E-state index contributed by atoms with van der Waals surface area (Å²) in [4.78, 5) is 0. The van der Waals surface area contributed by atoms with Gasteiger partial charge in [-0.3, -0.25) is 0 Å². The quantitative estimate of drug-likeness (QED) is 0.293. The van der Waals surface area contributed by atoms with Gasteiger partial charge in [0.25, 0.3) is 0 Å². The van der Waals surface area contributed by atoms with E-state index in [-0.39, 0.29) is 12.1 Å². The second-order valence-corrected chi connectivity index (χ2v) is 9.32. The number of unbranched alkanes of at least 4 members (excludes halogenated alkanes) is 5. The Hall–Kier alpha value is -1.71. The van der Waals surface area contributed by atoms with Crippen LogP contribution < -0.4 is 0 Å². The van der Waals surface area contributed by atoms with E-state index in [0.717, 1.165) is 56.4 Å². The van der Waals surface area contributed by atoms with Gasteiger partial charge in [0, 0.05) is 17.9 Å². The lowest BCUT2D eigenvalue weighted by Gasteiger charge is -2.29. The Morgan fingerprint density at radius 3 is 2.12 bits per heavy atom. The Morgan fingerprint density at radius 1 is 0.750 bits per heavy atom. The highest BCUT2D eigenvalue weighted by atomic mass is 19.1. The molecule has 3 heteroatoms. The van der Waals surface area contributed by atoms with Crippen LogP contribution in [0.1, 0.15) is 82.8 Å². The molecule has 1 aliphatic rings. The highest BCUT2D eigenvalue weighted by Gasteiger charge is 2.21. The molecule has 3 rings (SSSR count). The van der Waals surface area contributed by atoms with E-state index in [1.165, 1.54) is 44.1 Å². The summed E-state index contributed by atoms with van der Waals surface area (Å²) in [6, 6.07) is 13.9. The molecule has 1 heterocycles. The van der Waals surface area contributed by atoms with Crippen molar-refractivity contribution in [1.29, 1.82) is 0 Å². The van der Waals surface area contributed by atoms with Crippen LogP contribution in [-0.4, -0.2) is 19.5 Å². The fourth-order valence-electron chi connectivity index (χ4n) is 4.42. The van der Waals surface area contributed by atoms with E-state index < -0.39 is 0 Å². The molecule has 1 fully saturated rings. The summed E-state index contributed by atoms with van der Waals surface area (Å²) in [5.41, 5.74) is 3.92. The minimum Gasteiger partial charge on any atom is -0.352 e. The molecule has 1 aliphatic heterocycles. The molecule has 0 unspecified atom stereocenters. The van der Waals surface area contributed by atoms with Crippen LogP contribution >= 0.6 is 0 Å². The number of aryl methyl sites for hydroxylation is 2. The smallest absolute Gasteiger partial charge is 0.157 e. The number of benzene rings is 2. The van der Waals surface area contributed by atoms with Crippen molar-refractivity contribution >= 4 is 0 Å². The number of rotatable bonds is 13. The normalized spacial score (nSPS) is 18.7. The molecular weight excluding hydrogens is 399 g/mol. The highest BCUT2D eigenvalue weighted by Crippen LogP contribution is 2.26. The Balaban J connectivity index is 1.40. The summed E-state index contributed by atoms with van der Waals surface area (Å²) >= 11 is 0. The van der Waals surface area contributed by atoms with Crippen LogP contribution in [0.2, 0.25) is 0 Å². The first-order chi connectivity index (χ1) is 15.7. The van der Waals surface area contributed by atoms with E-state index >= 15 is 0 Å². The van der Waals surface area contributed by atoms with Crippen molar-refractivity contribution in [3.05, 3.63) is 59.4 Å². The molecule has 32 heavy (non-hydrogen) atoms. The molecule has 0 bridgehead atoms. The zero-order valence-electron chi connectivity index (χ0n) is 20.1. The maximum Gasteiger partial charge on any atom is 0.157 e. The minimum atomic E-state index is -0.129. The summed E-state index contributed by atoms with van der Waals surface area (Å²) in [6.07, 6.45) is 12.7. The fraction of sp³-hybridized carbons (Fsp3) is 0.586. The van der Waals surface area contributed by atoms with E-state index in [1.54, 1.807) is 6.07 Å². The molecule has 0 radical (unpaired) electrons. The van der Waals surface area contributed by atoms with Gasteiger partial charge >= 0.3 is 0 Å². The van der Waals surface area contributed by atoms with Crippen LogP contribution in [0.3, 0.4) is 0 Å². The summed E-state index contributed by atoms with van der Waals surface area (Å²) in [5.74, 6) is 0.422. The molecule has 0 amide bonds. The molecule has 0 aromatic heterocycles. The summed E-state index contributed by atoms with van der Waals surface area (Å²) in [7, 11) is 0. The van der Waals surface area contributed by atoms with Gasteiger partial charge in [0.2, 0.25) is 0 Å². The average Bonchev–Trinajstić information content (AvgIpc) is 2.82. The van der Waals surface area contributed by atoms with Crippen LogP contribution in [-0.2, 0) is 22.3 Å². The molecule has 2 aromatic carbocycles. The monoisotopic (exact) mass is 440 g/mol. The lowest BCUT2D eigenvalue weighted by atomic mass is 9.99. The first-order valence-electron chi connectivity index (χ1n) is 12.8. The third kappa shape index (κ3) is 8.01. The van der Waals surface area contributed by atoms with Crippen LogP contribution in [0.15, 0.2) is 42.5 Å². The van der Waals surface area contributed by atoms with Crippen molar-refractivity contribution in [2.75, 3.05) is 13.2 Å². The first-order valence-corrected chi connectivity index (χ1v) is 12.8. The van der Waals surface area contributed by atoms with Gasteiger partial charge < -0.3 is 9.47 Å². The van der Waals surface area contributed by atoms with Gasteiger partial charge in [0.15, 0.2) is 6.29 Å². The topological polar surface area (TPSA) is 18.5 Å². The van der Waals surface area contributed by atoms with Gasteiger partial charge in [-0.2, -0.15) is 0 Å². The zero-order chi connectivity index (χ0) is 22.6. The molecule has 0 aliphatic carbocycles. The number of ether oxygens (including phenoxy) is 2. The van der Waals surface area contributed by atoms with Crippen molar-refractivity contribution in [2.24, 2.45) is 5.92 Å². The zero-order valence-corrected chi connectivity index (χ0v) is 20.1. The standard InChI is InChI=1S/C29H41FO2/c1-3-5-7-8-9-11-25-21-31-29(32-22-25)19-15-23-12-16-26(17-13-23)27-18-14-24(10-6-4-2)20-28(27)30/h12-14,16-18,20,25,29H,3-11,15,19,21-22H2,1-2H3. The van der Waals surface area contributed by atoms with E-state index in [1.807, 2.05) is 18.2 Å². The molecule has 176 valence electrons. The van der Waals surface area contributed by atoms with Crippen LogP contribution in [0.4, 0.5) is 4.39 Å². The van der Waals surface area contributed by atoms with Crippen LogP contribution in [0.5, 0.6) is 0 Å². The van der Waals surface area contributed by atoms with Crippen LogP contribution in [0.25, 0.3) is 11.1 Å². The van der Waals surface area contributed by atoms with E-state index in [0.29, 0.717) is 11.5 Å². The third-order valence-corrected chi connectivity index (χ3v) is 6.54. The van der Waals surface area contributed by atoms with Crippen molar-refractivity contribution in [3.8, 4) is 11.1 Å². The molecule has 1 saturated heterocycles. The van der Waals surface area contributed by atoms with Gasteiger partial charge in [-0.1, -0.05) is 88.8 Å². The molecule has 0 saturated carbocycles. The molecular formula is C29H41FO2. The molecule has 0 N–H and O–H groups in total. The van der Waals surface area contributed by atoms with E-state index in [9.17, 15) is 4.39 Å². The van der Waals surface area contributed by atoms with E-state index in [4.69, 9.17) is 9.47 Å². The van der Waals surface area contributed by atoms with Gasteiger partial charge in [-0.15, -0.1) is 0 Å². The van der Waals surface area contributed by atoms with Crippen LogP contribution in [0, 0.1) is 11.7 Å². The number of hydrogen-bond donors (Lipinski definition) is 0. The average molecular weight is 441 g/mol. The van der Waals surface area contributed by atoms with E-state index in [2.05, 4.69) is 32.0 Å². The van der Waals surface area contributed by atoms with Crippen molar-refractivity contribution < 1.29 is 13.9 Å². The first kappa shape index (κ1) is 24.9. The maximum absolute atomic E-state index is 14.6. The second-order valence-electron chi connectivity index (χ2n) is 9.32. The van der Waals surface area contributed by atoms with Gasteiger partial charge in [0.05, 0.1) is 13.2 Å². The molecule has 0 atom stereocenters. The van der Waals surface area contributed by atoms with Gasteiger partial charge in [-0.05, 0) is 48.4 Å². The maximum atomic E-state index is 14.6. The lowest BCUT2D eigenvalue weighted by Crippen LogP contribution is -2.32. The van der Waals surface area contributed by atoms with Gasteiger partial charge in [0.1, 0.15) is 5.82 Å². The number of hydrogen-bond acceptors (Lipinski definition) is 2.